The van der Waals surface area contributed by atoms with Crippen LogP contribution in [0.2, 0.25) is 0 Å². The van der Waals surface area contributed by atoms with Crippen molar-refractivity contribution in [3.63, 3.8) is 0 Å². The molecule has 0 saturated heterocycles. The molecule has 0 aromatic heterocycles. The van der Waals surface area contributed by atoms with E-state index in [9.17, 15) is 9.59 Å². The maximum Gasteiger partial charge on any atom is 0.253 e. The molecule has 84 valence electrons. The number of carboxylic acid groups (broad SMARTS) is 1. The summed E-state index contributed by atoms with van der Waals surface area (Å²) in [7, 11) is 0. The maximum absolute atomic E-state index is 10.9. The molecule has 1 rings (SSSR count). The summed E-state index contributed by atoms with van der Waals surface area (Å²) in [5, 5.41) is 8.89. The predicted octanol–water partition coefficient (Wildman–Crippen LogP) is -2.70. The average Bonchev–Trinajstić information content (AvgIpc) is 2.43. The van der Waals surface area contributed by atoms with Crippen LogP contribution in [-0.2, 0) is 14.4 Å². The van der Waals surface area contributed by atoms with Crippen LogP contribution in [0.25, 0.3) is 0 Å². The van der Waals surface area contributed by atoms with Crippen LogP contribution in [0.5, 0.6) is 0 Å². The van der Waals surface area contributed by atoms with Gasteiger partial charge in [0.1, 0.15) is 0 Å². The lowest BCUT2D eigenvalue weighted by Crippen LogP contribution is -2.51. The number of imide groups is 1. The molecule has 0 radical (unpaired) electrons. The standard InChI is InChI=1S/C7H10N2O2.C2H4O2/c8-4-1-5-9-6(10)2-3-7(9)11;1-2(3)4/h2-3H,1,4-5,8H2;1H3,(H,3,4). The monoisotopic (exact) mass is 214 g/mol. The SMILES string of the molecule is CC(=O)[O-].[NH3+]CCCN1C(=O)C=CC1=O. The molecule has 0 bridgehead atoms. The van der Waals surface area contributed by atoms with Crippen molar-refractivity contribution in [1.82, 2.24) is 4.90 Å². The number of carbonyl (C=O) groups is 3. The van der Waals surface area contributed by atoms with Crippen molar-refractivity contribution in [3.05, 3.63) is 12.2 Å². The zero-order chi connectivity index (χ0) is 11.8. The van der Waals surface area contributed by atoms with E-state index in [4.69, 9.17) is 9.90 Å². The van der Waals surface area contributed by atoms with E-state index in [0.717, 1.165) is 19.9 Å². The van der Waals surface area contributed by atoms with E-state index in [1.807, 2.05) is 0 Å². The molecule has 0 spiro atoms. The normalized spacial score (nSPS) is 13.9. The zero-order valence-corrected chi connectivity index (χ0v) is 8.56. The van der Waals surface area contributed by atoms with Crippen LogP contribution in [0, 0.1) is 0 Å². The number of carbonyl (C=O) groups excluding carboxylic acids is 3. The second-order valence-electron chi connectivity index (χ2n) is 2.86. The van der Waals surface area contributed by atoms with Gasteiger partial charge < -0.3 is 15.6 Å². The molecule has 1 aliphatic rings. The van der Waals surface area contributed by atoms with E-state index >= 15 is 0 Å². The molecule has 0 fully saturated rings. The fourth-order valence-electron chi connectivity index (χ4n) is 0.921. The fourth-order valence-corrected chi connectivity index (χ4v) is 0.921. The topological polar surface area (TPSA) is 105 Å². The van der Waals surface area contributed by atoms with Crippen molar-refractivity contribution < 1.29 is 25.2 Å². The number of carboxylic acids is 1. The number of nitrogens with zero attached hydrogens (tertiary/aromatic N) is 1. The second kappa shape index (κ2) is 6.72. The minimum atomic E-state index is -1.08. The molecular formula is C9H14N2O4. The van der Waals surface area contributed by atoms with Crippen LogP contribution >= 0.6 is 0 Å². The molecule has 15 heavy (non-hydrogen) atoms. The number of aliphatic carboxylic acids is 1. The van der Waals surface area contributed by atoms with Gasteiger partial charge in [0.15, 0.2) is 0 Å². The number of hydrogen-bond donors (Lipinski definition) is 1. The van der Waals surface area contributed by atoms with E-state index in [-0.39, 0.29) is 11.8 Å². The van der Waals surface area contributed by atoms with E-state index in [1.165, 1.54) is 17.1 Å². The molecule has 0 atom stereocenters. The van der Waals surface area contributed by atoms with E-state index in [1.54, 1.807) is 0 Å². The predicted molar refractivity (Wildman–Crippen MR) is 48.9 cm³/mol. The van der Waals surface area contributed by atoms with Gasteiger partial charge in [-0.15, -0.1) is 0 Å². The Kier molecular flexibility index (Phi) is 5.96. The Morgan fingerprint density at radius 1 is 1.40 bits per heavy atom. The summed E-state index contributed by atoms with van der Waals surface area (Å²) in [5.74, 6) is -1.49. The highest BCUT2D eigenvalue weighted by Crippen LogP contribution is 2.02. The van der Waals surface area contributed by atoms with E-state index in [0.29, 0.717) is 6.54 Å². The smallest absolute Gasteiger partial charge is 0.253 e. The minimum Gasteiger partial charge on any atom is -0.550 e. The Balaban J connectivity index is 0.000000423. The maximum atomic E-state index is 10.9. The van der Waals surface area contributed by atoms with Crippen molar-refractivity contribution in [2.75, 3.05) is 13.1 Å². The Labute approximate surface area is 87.3 Å². The summed E-state index contributed by atoms with van der Waals surface area (Å²) in [6.07, 6.45) is 3.37. The first-order valence-electron chi connectivity index (χ1n) is 4.49. The quantitative estimate of drug-likeness (QED) is 0.516. The molecule has 2 amide bonds. The summed E-state index contributed by atoms with van der Waals surface area (Å²) in [6, 6.07) is 0. The lowest BCUT2D eigenvalue weighted by molar-refractivity contribution is -0.368. The van der Waals surface area contributed by atoms with Crippen LogP contribution < -0.4 is 10.8 Å². The number of hydrogen-bond acceptors (Lipinski definition) is 4. The van der Waals surface area contributed by atoms with Gasteiger partial charge in [0.25, 0.3) is 11.8 Å². The molecule has 0 saturated carbocycles. The molecule has 6 nitrogen and oxygen atoms in total. The highest BCUT2D eigenvalue weighted by molar-refractivity contribution is 6.12. The molecule has 6 heteroatoms. The molecular weight excluding hydrogens is 200 g/mol. The van der Waals surface area contributed by atoms with Gasteiger partial charge in [-0.1, -0.05) is 0 Å². The summed E-state index contributed by atoms with van der Waals surface area (Å²) < 4.78 is 0. The van der Waals surface area contributed by atoms with Gasteiger partial charge in [-0.05, 0) is 6.92 Å². The number of quaternary nitrogens is 1. The summed E-state index contributed by atoms with van der Waals surface area (Å²) in [4.78, 5) is 31.9. The lowest BCUT2D eigenvalue weighted by Gasteiger charge is -2.11. The van der Waals surface area contributed by atoms with Crippen molar-refractivity contribution in [2.24, 2.45) is 0 Å². The first-order valence-corrected chi connectivity index (χ1v) is 4.49. The first kappa shape index (κ1) is 13.3. The largest absolute Gasteiger partial charge is 0.550 e. The average molecular weight is 214 g/mol. The van der Waals surface area contributed by atoms with Crippen LogP contribution in [0.1, 0.15) is 13.3 Å². The summed E-state index contributed by atoms with van der Waals surface area (Å²) in [6.45, 7) is 2.21. The first-order chi connectivity index (χ1) is 6.99. The third kappa shape index (κ3) is 5.58. The summed E-state index contributed by atoms with van der Waals surface area (Å²) >= 11 is 0. The highest BCUT2D eigenvalue weighted by atomic mass is 16.4. The van der Waals surface area contributed by atoms with Gasteiger partial charge in [0, 0.05) is 31.1 Å². The zero-order valence-electron chi connectivity index (χ0n) is 8.56. The fraction of sp³-hybridized carbons (Fsp3) is 0.444. The van der Waals surface area contributed by atoms with Crippen LogP contribution in [0.4, 0.5) is 0 Å². The highest BCUT2D eigenvalue weighted by Gasteiger charge is 2.21. The van der Waals surface area contributed by atoms with Crippen molar-refractivity contribution in [2.45, 2.75) is 13.3 Å². The molecule has 3 N–H and O–H groups in total. The van der Waals surface area contributed by atoms with Crippen LogP contribution in [0.3, 0.4) is 0 Å². The van der Waals surface area contributed by atoms with Crippen molar-refractivity contribution in [3.8, 4) is 0 Å². The molecule has 0 aromatic carbocycles. The van der Waals surface area contributed by atoms with Crippen LogP contribution in [-0.4, -0.2) is 35.8 Å². The Morgan fingerprint density at radius 2 is 1.80 bits per heavy atom. The third-order valence-electron chi connectivity index (χ3n) is 1.53. The lowest BCUT2D eigenvalue weighted by atomic mass is 10.4. The Morgan fingerprint density at radius 3 is 2.13 bits per heavy atom. The van der Waals surface area contributed by atoms with Crippen molar-refractivity contribution >= 4 is 17.8 Å². The second-order valence-corrected chi connectivity index (χ2v) is 2.86. The third-order valence-corrected chi connectivity index (χ3v) is 1.53. The van der Waals surface area contributed by atoms with Crippen LogP contribution in [0.15, 0.2) is 12.2 Å². The van der Waals surface area contributed by atoms with Gasteiger partial charge in [-0.25, -0.2) is 0 Å². The molecule has 1 heterocycles. The number of rotatable bonds is 3. The minimum absolute atomic E-state index is 0.205. The van der Waals surface area contributed by atoms with Gasteiger partial charge in [-0.3, -0.25) is 14.5 Å². The van der Waals surface area contributed by atoms with Gasteiger partial charge in [0.05, 0.1) is 6.54 Å². The van der Waals surface area contributed by atoms with Gasteiger partial charge >= 0.3 is 0 Å². The van der Waals surface area contributed by atoms with E-state index in [2.05, 4.69) is 5.73 Å². The Hall–Kier alpha value is -1.69. The molecule has 0 aromatic rings. The molecule has 0 aliphatic carbocycles. The van der Waals surface area contributed by atoms with Gasteiger partial charge in [-0.2, -0.15) is 0 Å². The van der Waals surface area contributed by atoms with E-state index < -0.39 is 5.97 Å². The van der Waals surface area contributed by atoms with Crippen molar-refractivity contribution in [1.29, 1.82) is 0 Å². The Bertz CT molecular complexity index is 264. The molecule has 0 unspecified atom stereocenters. The summed E-state index contributed by atoms with van der Waals surface area (Å²) in [5.41, 5.74) is 3.63. The van der Waals surface area contributed by atoms with Gasteiger partial charge in [0.2, 0.25) is 0 Å². The molecule has 1 aliphatic heterocycles. The number of amides is 2.